The minimum Gasteiger partial charge on any atom is -0.481 e. The van der Waals surface area contributed by atoms with E-state index in [1.165, 1.54) is 0 Å². The minimum atomic E-state index is -0.694. The highest BCUT2D eigenvalue weighted by molar-refractivity contribution is 5.66. The molecule has 0 aliphatic heterocycles. The molecule has 0 aliphatic carbocycles. The summed E-state index contributed by atoms with van der Waals surface area (Å²) in [5.41, 5.74) is 0. The van der Waals surface area contributed by atoms with Crippen LogP contribution in [0.2, 0.25) is 0 Å². The maximum atomic E-state index is 10.2. The number of ether oxygens (including phenoxy) is 1. The van der Waals surface area contributed by atoms with Gasteiger partial charge in [0, 0.05) is 13.3 Å². The molecule has 1 unspecified atom stereocenters. The van der Waals surface area contributed by atoms with Gasteiger partial charge in [0.05, 0.1) is 0 Å². The van der Waals surface area contributed by atoms with Crippen molar-refractivity contribution in [1.82, 2.24) is 0 Å². The molecule has 0 amide bonds. The van der Waals surface area contributed by atoms with Crippen LogP contribution < -0.4 is 0 Å². The number of hydrogen-bond donors (Lipinski definition) is 1. The summed E-state index contributed by atoms with van der Waals surface area (Å²) in [6, 6.07) is 0. The van der Waals surface area contributed by atoms with E-state index in [0.717, 1.165) is 38.5 Å². The molecule has 0 aromatic carbocycles. The van der Waals surface area contributed by atoms with E-state index in [-0.39, 0.29) is 6.10 Å². The summed E-state index contributed by atoms with van der Waals surface area (Å²) in [6.45, 7) is 3.78. The molecule has 0 aliphatic rings. The Morgan fingerprint density at radius 2 is 1.88 bits per heavy atom. The van der Waals surface area contributed by atoms with Crippen LogP contribution in [0.5, 0.6) is 0 Å². The van der Waals surface area contributed by atoms with Gasteiger partial charge in [0.2, 0.25) is 0 Å². The van der Waals surface area contributed by atoms with Crippen molar-refractivity contribution in [3.63, 3.8) is 0 Å². The molecule has 0 saturated heterocycles. The molecule has 0 aromatic rings. The number of unbranched alkanes of at least 4 members (excludes halogenated alkanes) is 4. The van der Waals surface area contributed by atoms with Crippen molar-refractivity contribution in [1.29, 1.82) is 0 Å². The van der Waals surface area contributed by atoms with Crippen LogP contribution in [0.3, 0.4) is 0 Å². The van der Waals surface area contributed by atoms with Crippen molar-refractivity contribution >= 4 is 5.97 Å². The van der Waals surface area contributed by atoms with Gasteiger partial charge < -0.3 is 9.84 Å². The Bertz CT molecular complexity index is 237. The third-order valence-corrected chi connectivity index (χ3v) is 2.36. The second-order valence-electron chi connectivity index (χ2n) is 3.98. The number of rotatable bonds is 9. The summed E-state index contributed by atoms with van der Waals surface area (Å²) in [7, 11) is 0. The second-order valence-corrected chi connectivity index (χ2v) is 3.98. The van der Waals surface area contributed by atoms with Gasteiger partial charge in [0.1, 0.15) is 12.2 Å². The molecule has 0 aromatic heterocycles. The van der Waals surface area contributed by atoms with Crippen LogP contribution in [0.15, 0.2) is 0 Å². The topological polar surface area (TPSA) is 46.5 Å². The van der Waals surface area contributed by atoms with Gasteiger partial charge in [-0.25, -0.2) is 0 Å². The first-order valence-electron chi connectivity index (χ1n) is 5.96. The summed E-state index contributed by atoms with van der Waals surface area (Å²) in [5, 5.41) is 8.44. The van der Waals surface area contributed by atoms with Gasteiger partial charge in [-0.05, 0) is 26.2 Å². The van der Waals surface area contributed by atoms with E-state index in [1.54, 1.807) is 6.92 Å². The molecule has 0 spiro atoms. The van der Waals surface area contributed by atoms with E-state index in [2.05, 4.69) is 12.0 Å². The molecular formula is C13H22O3. The Balaban J connectivity index is 3.19. The van der Waals surface area contributed by atoms with E-state index in [1.807, 2.05) is 6.92 Å². The predicted octanol–water partition coefficient (Wildman–Crippen LogP) is 3.19. The van der Waals surface area contributed by atoms with Gasteiger partial charge >= 0.3 is 5.97 Å². The molecule has 0 radical (unpaired) electrons. The quantitative estimate of drug-likeness (QED) is 0.485. The molecule has 0 fully saturated rings. The maximum absolute atomic E-state index is 10.2. The zero-order valence-corrected chi connectivity index (χ0v) is 10.3. The third-order valence-electron chi connectivity index (χ3n) is 2.36. The summed E-state index contributed by atoms with van der Waals surface area (Å²) < 4.78 is 5.21. The molecule has 1 N–H and O–H groups in total. The second kappa shape index (κ2) is 10.4. The van der Waals surface area contributed by atoms with Crippen LogP contribution in [0.25, 0.3) is 0 Å². The highest BCUT2D eigenvalue weighted by atomic mass is 16.5. The first-order chi connectivity index (χ1) is 7.66. The van der Waals surface area contributed by atoms with Crippen molar-refractivity contribution < 1.29 is 14.6 Å². The van der Waals surface area contributed by atoms with Crippen LogP contribution >= 0.6 is 0 Å². The minimum absolute atomic E-state index is 0.200. The standard InChI is InChI=1S/C13H22O3/c1-3-11-16-12(2)9-7-5-4-6-8-10-13(14)15/h12H,4-10H2,1-2H3,(H,14,15). The Kier molecular flexibility index (Phi) is 9.59. The van der Waals surface area contributed by atoms with Gasteiger partial charge in [0.15, 0.2) is 0 Å². The molecular weight excluding hydrogens is 204 g/mol. The molecule has 16 heavy (non-hydrogen) atoms. The normalized spacial score (nSPS) is 11.4. The molecule has 3 nitrogen and oxygen atoms in total. The van der Waals surface area contributed by atoms with Gasteiger partial charge in [0.25, 0.3) is 0 Å². The lowest BCUT2D eigenvalue weighted by molar-refractivity contribution is -0.137. The zero-order chi connectivity index (χ0) is 12.2. The first kappa shape index (κ1) is 14.8. The molecule has 0 bridgehead atoms. The van der Waals surface area contributed by atoms with Gasteiger partial charge in [-0.3, -0.25) is 4.79 Å². The highest BCUT2D eigenvalue weighted by Crippen LogP contribution is 2.09. The lowest BCUT2D eigenvalue weighted by Crippen LogP contribution is -2.03. The highest BCUT2D eigenvalue weighted by Gasteiger charge is 2.01. The lowest BCUT2D eigenvalue weighted by atomic mass is 10.1. The number of carboxylic acid groups (broad SMARTS) is 1. The average molecular weight is 226 g/mol. The van der Waals surface area contributed by atoms with Crippen LogP contribution in [0.1, 0.15) is 58.8 Å². The fourth-order valence-electron chi connectivity index (χ4n) is 1.46. The maximum Gasteiger partial charge on any atom is 0.303 e. The average Bonchev–Trinajstić information content (AvgIpc) is 2.24. The number of carbonyl (C=O) groups is 1. The predicted molar refractivity (Wildman–Crippen MR) is 64.0 cm³/mol. The van der Waals surface area contributed by atoms with E-state index in [9.17, 15) is 4.79 Å². The van der Waals surface area contributed by atoms with Gasteiger partial charge in [-0.15, -0.1) is 0 Å². The van der Waals surface area contributed by atoms with Crippen molar-refractivity contribution in [2.45, 2.75) is 64.9 Å². The fourth-order valence-corrected chi connectivity index (χ4v) is 1.46. The van der Waals surface area contributed by atoms with E-state index in [0.29, 0.717) is 6.42 Å². The first-order valence-corrected chi connectivity index (χ1v) is 5.96. The zero-order valence-electron chi connectivity index (χ0n) is 10.3. The van der Waals surface area contributed by atoms with Crippen LogP contribution in [-0.4, -0.2) is 17.2 Å². The molecule has 3 heteroatoms. The van der Waals surface area contributed by atoms with Crippen LogP contribution in [0, 0.1) is 12.0 Å². The van der Waals surface area contributed by atoms with E-state index in [4.69, 9.17) is 9.84 Å². The Morgan fingerprint density at radius 3 is 2.50 bits per heavy atom. The summed E-state index contributed by atoms with van der Waals surface area (Å²) >= 11 is 0. The van der Waals surface area contributed by atoms with E-state index >= 15 is 0 Å². The van der Waals surface area contributed by atoms with Gasteiger partial charge in [-0.1, -0.05) is 25.2 Å². The van der Waals surface area contributed by atoms with Crippen LogP contribution in [0.4, 0.5) is 0 Å². The largest absolute Gasteiger partial charge is 0.481 e. The monoisotopic (exact) mass is 226 g/mol. The lowest BCUT2D eigenvalue weighted by Gasteiger charge is -2.08. The summed E-state index contributed by atoms with van der Waals surface area (Å²) in [4.78, 5) is 10.2. The van der Waals surface area contributed by atoms with Crippen LogP contribution in [-0.2, 0) is 9.53 Å². The summed E-state index contributed by atoms with van der Waals surface area (Å²) in [6.07, 6.45) is 9.31. The van der Waals surface area contributed by atoms with Crippen molar-refractivity contribution in [2.75, 3.05) is 0 Å². The summed E-state index contributed by atoms with van der Waals surface area (Å²) in [5.74, 6) is 2.01. The van der Waals surface area contributed by atoms with Crippen molar-refractivity contribution in [3.8, 4) is 12.0 Å². The smallest absolute Gasteiger partial charge is 0.303 e. The SMILES string of the molecule is CC#COC(C)CCCCCCCC(=O)O. The Labute approximate surface area is 98.2 Å². The number of carboxylic acids is 1. The number of hydrogen-bond acceptors (Lipinski definition) is 2. The van der Waals surface area contributed by atoms with Gasteiger partial charge in [-0.2, -0.15) is 0 Å². The van der Waals surface area contributed by atoms with Crippen molar-refractivity contribution in [2.24, 2.45) is 0 Å². The van der Waals surface area contributed by atoms with E-state index < -0.39 is 5.97 Å². The Morgan fingerprint density at radius 1 is 1.25 bits per heavy atom. The molecule has 0 saturated carbocycles. The molecule has 1 atom stereocenters. The third kappa shape index (κ3) is 10.9. The molecule has 92 valence electrons. The molecule has 0 heterocycles. The number of aliphatic carboxylic acids is 1. The molecule has 0 rings (SSSR count). The fraction of sp³-hybridized carbons (Fsp3) is 0.769. The Hall–Kier alpha value is -1.17. The van der Waals surface area contributed by atoms with Crippen molar-refractivity contribution in [3.05, 3.63) is 0 Å².